The van der Waals surface area contributed by atoms with Gasteiger partial charge in [0.2, 0.25) is 10.0 Å². The normalized spacial score (nSPS) is 12.7. The molecule has 0 unspecified atom stereocenters. The van der Waals surface area contributed by atoms with E-state index in [4.69, 9.17) is 28.9 Å². The van der Waals surface area contributed by atoms with Gasteiger partial charge in [-0.05, 0) is 32.4 Å². The zero-order chi connectivity index (χ0) is 14.1. The minimum absolute atomic E-state index is 0.0538. The molecule has 0 heterocycles. The second-order valence-corrected chi connectivity index (χ2v) is 7.05. The van der Waals surface area contributed by atoms with Crippen LogP contribution in [-0.4, -0.2) is 14.0 Å². The maximum atomic E-state index is 12.2. The molecule has 0 aromatic heterocycles. The number of anilines is 1. The lowest BCUT2D eigenvalue weighted by atomic mass is 10.0. The predicted octanol–water partition coefficient (Wildman–Crippen LogP) is 3.04. The summed E-state index contributed by atoms with van der Waals surface area (Å²) in [6, 6.07) is 2.76. The standard InChI is InChI=1S/C11H16Cl2N2O2S/c1-4-11(2,3)15-18(16,17)8-6-5-7(12)10(14)9(8)13/h5-6,15H,4,14H2,1-3H3. The second kappa shape index (κ2) is 5.25. The quantitative estimate of drug-likeness (QED) is 0.840. The smallest absolute Gasteiger partial charge is 0.242 e. The number of sulfonamides is 1. The zero-order valence-corrected chi connectivity index (χ0v) is 12.7. The van der Waals surface area contributed by atoms with E-state index in [9.17, 15) is 8.42 Å². The van der Waals surface area contributed by atoms with Crippen molar-refractivity contribution in [3.8, 4) is 0 Å². The predicted molar refractivity (Wildman–Crippen MR) is 75.6 cm³/mol. The summed E-state index contributed by atoms with van der Waals surface area (Å²) < 4.78 is 27.0. The van der Waals surface area contributed by atoms with Crippen LogP contribution in [0.4, 0.5) is 5.69 Å². The summed E-state index contributed by atoms with van der Waals surface area (Å²) >= 11 is 11.7. The third-order valence-corrected chi connectivity index (χ3v) is 5.26. The number of nitrogen functional groups attached to an aromatic ring is 1. The van der Waals surface area contributed by atoms with Gasteiger partial charge in [-0.25, -0.2) is 13.1 Å². The minimum Gasteiger partial charge on any atom is -0.396 e. The number of nitrogens with two attached hydrogens (primary N) is 1. The van der Waals surface area contributed by atoms with Gasteiger partial charge in [0, 0.05) is 5.54 Å². The van der Waals surface area contributed by atoms with Crippen LogP contribution in [0.2, 0.25) is 10.0 Å². The lowest BCUT2D eigenvalue weighted by molar-refractivity contribution is 0.439. The van der Waals surface area contributed by atoms with Gasteiger partial charge >= 0.3 is 0 Å². The van der Waals surface area contributed by atoms with E-state index in [-0.39, 0.29) is 20.6 Å². The Kier molecular flexibility index (Phi) is 4.54. The Balaban J connectivity index is 3.27. The van der Waals surface area contributed by atoms with Gasteiger partial charge in [0.15, 0.2) is 0 Å². The van der Waals surface area contributed by atoms with Gasteiger partial charge < -0.3 is 5.73 Å². The lowest BCUT2D eigenvalue weighted by Gasteiger charge is -2.24. The first kappa shape index (κ1) is 15.6. The molecule has 1 rings (SSSR count). The van der Waals surface area contributed by atoms with E-state index < -0.39 is 15.6 Å². The molecule has 0 atom stereocenters. The van der Waals surface area contributed by atoms with E-state index in [2.05, 4.69) is 4.72 Å². The highest BCUT2D eigenvalue weighted by Gasteiger charge is 2.27. The molecule has 102 valence electrons. The molecule has 0 aliphatic rings. The van der Waals surface area contributed by atoms with Crippen LogP contribution < -0.4 is 10.5 Å². The third-order valence-electron chi connectivity index (χ3n) is 2.68. The van der Waals surface area contributed by atoms with E-state index >= 15 is 0 Å². The Morgan fingerprint density at radius 2 is 1.89 bits per heavy atom. The summed E-state index contributed by atoms with van der Waals surface area (Å²) in [6.45, 7) is 5.47. The van der Waals surface area contributed by atoms with Crippen LogP contribution in [0.25, 0.3) is 0 Å². The average Bonchev–Trinajstić information content (AvgIpc) is 2.24. The maximum Gasteiger partial charge on any atom is 0.242 e. The fourth-order valence-electron chi connectivity index (χ4n) is 1.25. The number of rotatable bonds is 4. The molecule has 18 heavy (non-hydrogen) atoms. The fourth-order valence-corrected chi connectivity index (χ4v) is 3.50. The number of nitrogens with one attached hydrogen (secondary N) is 1. The van der Waals surface area contributed by atoms with Crippen molar-refractivity contribution >= 4 is 38.9 Å². The van der Waals surface area contributed by atoms with Gasteiger partial charge in [-0.3, -0.25) is 0 Å². The van der Waals surface area contributed by atoms with Crippen molar-refractivity contribution in [2.45, 2.75) is 37.6 Å². The highest BCUT2D eigenvalue weighted by molar-refractivity contribution is 7.89. The van der Waals surface area contributed by atoms with Gasteiger partial charge in [-0.2, -0.15) is 0 Å². The molecular weight excluding hydrogens is 295 g/mol. The van der Waals surface area contributed by atoms with Crippen molar-refractivity contribution in [3.63, 3.8) is 0 Å². The van der Waals surface area contributed by atoms with Crippen molar-refractivity contribution in [2.75, 3.05) is 5.73 Å². The van der Waals surface area contributed by atoms with Crippen LogP contribution in [-0.2, 0) is 10.0 Å². The van der Waals surface area contributed by atoms with Gasteiger partial charge in [-0.1, -0.05) is 30.1 Å². The van der Waals surface area contributed by atoms with Gasteiger partial charge in [0.1, 0.15) is 4.90 Å². The summed E-state index contributed by atoms with van der Waals surface area (Å²) in [5.74, 6) is 0. The largest absolute Gasteiger partial charge is 0.396 e. The maximum absolute atomic E-state index is 12.2. The molecule has 0 aliphatic heterocycles. The number of benzene rings is 1. The van der Waals surface area contributed by atoms with E-state index in [1.54, 1.807) is 13.8 Å². The monoisotopic (exact) mass is 310 g/mol. The van der Waals surface area contributed by atoms with Crippen molar-refractivity contribution in [2.24, 2.45) is 0 Å². The molecule has 0 spiro atoms. The molecule has 0 saturated heterocycles. The SMILES string of the molecule is CCC(C)(C)NS(=O)(=O)c1ccc(Cl)c(N)c1Cl. The fraction of sp³-hybridized carbons (Fsp3) is 0.455. The first-order chi connectivity index (χ1) is 8.10. The van der Waals surface area contributed by atoms with E-state index in [1.807, 2.05) is 6.92 Å². The molecule has 0 aliphatic carbocycles. The van der Waals surface area contributed by atoms with Crippen LogP contribution in [0.5, 0.6) is 0 Å². The minimum atomic E-state index is -3.72. The summed E-state index contributed by atoms with van der Waals surface area (Å²) in [6.07, 6.45) is 0.646. The topological polar surface area (TPSA) is 72.2 Å². The Labute approximate surface area is 118 Å². The Morgan fingerprint density at radius 1 is 1.33 bits per heavy atom. The number of hydrogen-bond acceptors (Lipinski definition) is 3. The average molecular weight is 311 g/mol. The van der Waals surface area contributed by atoms with Crippen LogP contribution in [0.3, 0.4) is 0 Å². The molecule has 0 radical (unpaired) electrons. The second-order valence-electron chi connectivity index (χ2n) is 4.62. The van der Waals surface area contributed by atoms with Crippen LogP contribution >= 0.6 is 23.2 Å². The van der Waals surface area contributed by atoms with Gasteiger partial charge in [0.05, 0.1) is 15.7 Å². The van der Waals surface area contributed by atoms with E-state index in [1.165, 1.54) is 12.1 Å². The van der Waals surface area contributed by atoms with Crippen molar-refractivity contribution in [1.82, 2.24) is 4.72 Å². The number of hydrogen-bond donors (Lipinski definition) is 2. The summed E-state index contributed by atoms with van der Waals surface area (Å²) in [7, 11) is -3.72. The molecule has 1 aromatic rings. The summed E-state index contributed by atoms with van der Waals surface area (Å²) in [5.41, 5.74) is 5.13. The Morgan fingerprint density at radius 3 is 2.39 bits per heavy atom. The molecule has 3 N–H and O–H groups in total. The molecule has 0 fully saturated rings. The number of halogens is 2. The summed E-state index contributed by atoms with van der Waals surface area (Å²) in [4.78, 5) is -0.0624. The van der Waals surface area contributed by atoms with Gasteiger partial charge in [0.25, 0.3) is 0 Å². The summed E-state index contributed by atoms with van der Waals surface area (Å²) in [5, 5.41) is 0.176. The van der Waals surface area contributed by atoms with Crippen molar-refractivity contribution in [3.05, 3.63) is 22.2 Å². The Bertz CT molecular complexity index is 556. The third kappa shape index (κ3) is 3.29. The van der Waals surface area contributed by atoms with E-state index in [0.717, 1.165) is 0 Å². The van der Waals surface area contributed by atoms with Gasteiger partial charge in [-0.15, -0.1) is 0 Å². The highest BCUT2D eigenvalue weighted by Crippen LogP contribution is 2.33. The molecule has 1 aromatic carbocycles. The molecular formula is C11H16Cl2N2O2S. The van der Waals surface area contributed by atoms with Crippen LogP contribution in [0, 0.1) is 0 Å². The molecule has 0 amide bonds. The highest BCUT2D eigenvalue weighted by atomic mass is 35.5. The van der Waals surface area contributed by atoms with Crippen molar-refractivity contribution in [1.29, 1.82) is 0 Å². The molecule has 7 heteroatoms. The van der Waals surface area contributed by atoms with Crippen LogP contribution in [0.1, 0.15) is 27.2 Å². The first-order valence-electron chi connectivity index (χ1n) is 5.38. The first-order valence-corrected chi connectivity index (χ1v) is 7.62. The molecule has 4 nitrogen and oxygen atoms in total. The molecule has 0 bridgehead atoms. The van der Waals surface area contributed by atoms with Crippen molar-refractivity contribution < 1.29 is 8.42 Å². The molecule has 0 saturated carbocycles. The van der Waals surface area contributed by atoms with E-state index in [0.29, 0.717) is 6.42 Å². The lowest BCUT2D eigenvalue weighted by Crippen LogP contribution is -2.42. The van der Waals surface area contributed by atoms with Crippen LogP contribution in [0.15, 0.2) is 17.0 Å². The Hall–Kier alpha value is -0.490. The zero-order valence-electron chi connectivity index (χ0n) is 10.4.